The maximum Gasteiger partial charge on any atom is 0.125 e. The maximum absolute atomic E-state index is 12.7. The predicted molar refractivity (Wildman–Crippen MR) is 69.1 cm³/mol. The summed E-state index contributed by atoms with van der Waals surface area (Å²) in [4.78, 5) is 4.24. The Balaban J connectivity index is 1.91. The van der Waals surface area contributed by atoms with E-state index in [-0.39, 0.29) is 5.82 Å². The zero-order chi connectivity index (χ0) is 12.8. The number of hydrogen-bond acceptors (Lipinski definition) is 3. The highest BCUT2D eigenvalue weighted by molar-refractivity contribution is 5.35. The van der Waals surface area contributed by atoms with Crippen LogP contribution >= 0.6 is 0 Å². The van der Waals surface area contributed by atoms with Crippen LogP contribution in [0.4, 0.5) is 10.2 Å². The first-order chi connectivity index (χ1) is 8.78. The molecule has 1 aromatic carbocycles. The molecule has 94 valence electrons. The highest BCUT2D eigenvalue weighted by atomic mass is 19.1. The van der Waals surface area contributed by atoms with E-state index < -0.39 is 0 Å². The first kappa shape index (κ1) is 12.4. The van der Waals surface area contributed by atoms with Crippen molar-refractivity contribution in [2.45, 2.75) is 13.5 Å². The van der Waals surface area contributed by atoms with Crippen LogP contribution in [-0.4, -0.2) is 11.5 Å². The van der Waals surface area contributed by atoms with Crippen molar-refractivity contribution in [2.75, 3.05) is 11.9 Å². The standard InChI is InChI=1S/C14H15FN2O/c1-2-16-14-8-3-11(9-17-14)10-18-13-6-4-12(15)5-7-13/h3-9H,2,10H2,1H3,(H,16,17). The maximum atomic E-state index is 12.7. The van der Waals surface area contributed by atoms with Crippen molar-refractivity contribution in [3.05, 3.63) is 54.0 Å². The van der Waals surface area contributed by atoms with Crippen LogP contribution in [0, 0.1) is 5.82 Å². The Morgan fingerprint density at radius 1 is 1.17 bits per heavy atom. The number of nitrogens with one attached hydrogen (secondary N) is 1. The van der Waals surface area contributed by atoms with Gasteiger partial charge < -0.3 is 10.1 Å². The van der Waals surface area contributed by atoms with E-state index in [1.807, 2.05) is 19.1 Å². The van der Waals surface area contributed by atoms with E-state index in [9.17, 15) is 4.39 Å². The molecule has 4 heteroatoms. The molecule has 0 saturated carbocycles. The summed E-state index contributed by atoms with van der Waals surface area (Å²) in [5, 5.41) is 3.12. The monoisotopic (exact) mass is 246 g/mol. The van der Waals surface area contributed by atoms with Gasteiger partial charge in [0.2, 0.25) is 0 Å². The Morgan fingerprint density at radius 2 is 1.94 bits per heavy atom. The first-order valence-electron chi connectivity index (χ1n) is 5.85. The molecular formula is C14H15FN2O. The summed E-state index contributed by atoms with van der Waals surface area (Å²) in [6.45, 7) is 3.29. The highest BCUT2D eigenvalue weighted by Gasteiger charge is 1.98. The van der Waals surface area contributed by atoms with Gasteiger partial charge in [0.05, 0.1) is 0 Å². The molecule has 0 radical (unpaired) electrons. The highest BCUT2D eigenvalue weighted by Crippen LogP contribution is 2.13. The number of rotatable bonds is 5. The zero-order valence-corrected chi connectivity index (χ0v) is 10.2. The lowest BCUT2D eigenvalue weighted by atomic mass is 10.3. The van der Waals surface area contributed by atoms with Crippen LogP contribution in [0.15, 0.2) is 42.6 Å². The minimum Gasteiger partial charge on any atom is -0.489 e. The third kappa shape index (κ3) is 3.45. The van der Waals surface area contributed by atoms with Crippen LogP contribution in [0.1, 0.15) is 12.5 Å². The average molecular weight is 246 g/mol. The molecule has 3 nitrogen and oxygen atoms in total. The van der Waals surface area contributed by atoms with Crippen LogP contribution in [0.3, 0.4) is 0 Å². The van der Waals surface area contributed by atoms with E-state index >= 15 is 0 Å². The molecule has 0 aliphatic rings. The van der Waals surface area contributed by atoms with Crippen LogP contribution in [0.5, 0.6) is 5.75 Å². The van der Waals surface area contributed by atoms with E-state index in [4.69, 9.17) is 4.74 Å². The number of anilines is 1. The molecule has 0 atom stereocenters. The van der Waals surface area contributed by atoms with Gasteiger partial charge in [-0.15, -0.1) is 0 Å². The van der Waals surface area contributed by atoms with Gasteiger partial charge in [-0.3, -0.25) is 0 Å². The zero-order valence-electron chi connectivity index (χ0n) is 10.2. The number of aromatic nitrogens is 1. The summed E-state index contributed by atoms with van der Waals surface area (Å²) >= 11 is 0. The van der Waals surface area contributed by atoms with Crippen molar-refractivity contribution in [1.29, 1.82) is 0 Å². The van der Waals surface area contributed by atoms with Crippen LogP contribution in [0.2, 0.25) is 0 Å². The van der Waals surface area contributed by atoms with Crippen molar-refractivity contribution in [3.63, 3.8) is 0 Å². The van der Waals surface area contributed by atoms with E-state index in [0.717, 1.165) is 17.9 Å². The van der Waals surface area contributed by atoms with Gasteiger partial charge in [0.25, 0.3) is 0 Å². The lowest BCUT2D eigenvalue weighted by Crippen LogP contribution is -2.00. The SMILES string of the molecule is CCNc1ccc(COc2ccc(F)cc2)cn1. The molecule has 1 aromatic heterocycles. The summed E-state index contributed by atoms with van der Waals surface area (Å²) in [5.41, 5.74) is 0.973. The Labute approximate surface area is 106 Å². The number of benzene rings is 1. The van der Waals surface area contributed by atoms with E-state index in [2.05, 4.69) is 10.3 Å². The second-order valence-electron chi connectivity index (χ2n) is 3.82. The fourth-order valence-electron chi connectivity index (χ4n) is 1.49. The van der Waals surface area contributed by atoms with Gasteiger partial charge in [0.1, 0.15) is 24.0 Å². The topological polar surface area (TPSA) is 34.1 Å². The minimum atomic E-state index is -0.265. The smallest absolute Gasteiger partial charge is 0.125 e. The molecule has 0 saturated heterocycles. The lowest BCUT2D eigenvalue weighted by Gasteiger charge is -2.07. The molecule has 0 aliphatic carbocycles. The van der Waals surface area contributed by atoms with Gasteiger partial charge in [0, 0.05) is 18.3 Å². The molecule has 1 N–H and O–H groups in total. The summed E-state index contributed by atoms with van der Waals surface area (Å²) in [6.07, 6.45) is 1.77. The van der Waals surface area contributed by atoms with E-state index in [1.165, 1.54) is 12.1 Å². The largest absolute Gasteiger partial charge is 0.489 e. The second kappa shape index (κ2) is 6.00. The molecule has 0 bridgehead atoms. The van der Waals surface area contributed by atoms with E-state index in [1.54, 1.807) is 18.3 Å². The summed E-state index contributed by atoms with van der Waals surface area (Å²) in [7, 11) is 0. The van der Waals surface area contributed by atoms with Crippen LogP contribution in [-0.2, 0) is 6.61 Å². The Bertz CT molecular complexity index is 482. The quantitative estimate of drug-likeness (QED) is 0.879. The molecule has 2 aromatic rings. The van der Waals surface area contributed by atoms with Crippen molar-refractivity contribution in [1.82, 2.24) is 4.98 Å². The number of nitrogens with zero attached hydrogens (tertiary/aromatic N) is 1. The number of pyridine rings is 1. The summed E-state index contributed by atoms with van der Waals surface area (Å²) in [6, 6.07) is 9.83. The molecular weight excluding hydrogens is 231 g/mol. The number of hydrogen-bond donors (Lipinski definition) is 1. The van der Waals surface area contributed by atoms with Crippen molar-refractivity contribution >= 4 is 5.82 Å². The van der Waals surface area contributed by atoms with Crippen molar-refractivity contribution in [3.8, 4) is 5.75 Å². The van der Waals surface area contributed by atoms with Gasteiger partial charge in [-0.05, 0) is 37.3 Å². The van der Waals surface area contributed by atoms with Gasteiger partial charge in [-0.25, -0.2) is 9.37 Å². The molecule has 2 rings (SSSR count). The fourth-order valence-corrected chi connectivity index (χ4v) is 1.49. The fraction of sp³-hybridized carbons (Fsp3) is 0.214. The van der Waals surface area contributed by atoms with Gasteiger partial charge in [0.15, 0.2) is 0 Å². The van der Waals surface area contributed by atoms with Crippen molar-refractivity contribution in [2.24, 2.45) is 0 Å². The lowest BCUT2D eigenvalue weighted by molar-refractivity contribution is 0.305. The Hall–Kier alpha value is -2.10. The number of halogens is 1. The van der Waals surface area contributed by atoms with Crippen LogP contribution < -0.4 is 10.1 Å². The molecule has 0 fully saturated rings. The Kier molecular flexibility index (Phi) is 4.12. The molecule has 0 spiro atoms. The molecule has 18 heavy (non-hydrogen) atoms. The summed E-state index contributed by atoms with van der Waals surface area (Å²) in [5.74, 6) is 1.23. The van der Waals surface area contributed by atoms with Crippen LogP contribution in [0.25, 0.3) is 0 Å². The first-order valence-corrected chi connectivity index (χ1v) is 5.85. The molecule has 0 unspecified atom stereocenters. The second-order valence-corrected chi connectivity index (χ2v) is 3.82. The minimum absolute atomic E-state index is 0.265. The van der Waals surface area contributed by atoms with Crippen molar-refractivity contribution < 1.29 is 9.13 Å². The Morgan fingerprint density at radius 3 is 2.56 bits per heavy atom. The van der Waals surface area contributed by atoms with Gasteiger partial charge in [-0.1, -0.05) is 6.07 Å². The third-order valence-corrected chi connectivity index (χ3v) is 2.40. The average Bonchev–Trinajstić information content (AvgIpc) is 2.40. The van der Waals surface area contributed by atoms with Gasteiger partial charge >= 0.3 is 0 Å². The van der Waals surface area contributed by atoms with Gasteiger partial charge in [-0.2, -0.15) is 0 Å². The molecule has 1 heterocycles. The normalized spacial score (nSPS) is 10.1. The summed E-state index contributed by atoms with van der Waals surface area (Å²) < 4.78 is 18.2. The predicted octanol–water partition coefficient (Wildman–Crippen LogP) is 3.23. The van der Waals surface area contributed by atoms with E-state index in [0.29, 0.717) is 12.4 Å². The third-order valence-electron chi connectivity index (χ3n) is 2.40. The molecule has 0 amide bonds. The number of ether oxygens (including phenoxy) is 1. The molecule has 0 aliphatic heterocycles.